The van der Waals surface area contributed by atoms with E-state index >= 15 is 0 Å². The second kappa shape index (κ2) is 3.62. The van der Waals surface area contributed by atoms with E-state index in [-0.39, 0.29) is 5.91 Å². The molecule has 0 atom stereocenters. The smallest absolute Gasteiger partial charge is 0.244 e. The Hall–Kier alpha value is -1.42. The van der Waals surface area contributed by atoms with Gasteiger partial charge in [-0.2, -0.15) is 0 Å². The zero-order valence-electron chi connectivity index (χ0n) is 8.79. The lowest BCUT2D eigenvalue weighted by atomic mass is 9.77. The molecule has 0 saturated heterocycles. The average Bonchev–Trinajstić information content (AvgIpc) is 2.14. The van der Waals surface area contributed by atoms with Crippen LogP contribution in [-0.4, -0.2) is 16.4 Å². The van der Waals surface area contributed by atoms with E-state index in [4.69, 9.17) is 5.73 Å². The van der Waals surface area contributed by atoms with Crippen molar-refractivity contribution in [3.8, 4) is 0 Å². The van der Waals surface area contributed by atoms with E-state index in [1.165, 1.54) is 0 Å². The average molecular weight is 205 g/mol. The van der Waals surface area contributed by atoms with Gasteiger partial charge in [0, 0.05) is 6.20 Å². The van der Waals surface area contributed by atoms with Gasteiger partial charge in [-0.25, -0.2) is 0 Å². The Labute approximate surface area is 88.9 Å². The summed E-state index contributed by atoms with van der Waals surface area (Å²) in [7, 11) is 0. The van der Waals surface area contributed by atoms with Gasteiger partial charge in [-0.15, -0.1) is 0 Å². The van der Waals surface area contributed by atoms with E-state index in [9.17, 15) is 4.79 Å². The Bertz CT molecular complexity index is 385. The van der Waals surface area contributed by atoms with Crippen molar-refractivity contribution < 1.29 is 4.79 Å². The molecule has 1 aromatic heterocycles. The van der Waals surface area contributed by atoms with Crippen molar-refractivity contribution in [3.63, 3.8) is 0 Å². The van der Waals surface area contributed by atoms with Crippen molar-refractivity contribution >= 4 is 11.6 Å². The van der Waals surface area contributed by atoms with Gasteiger partial charge in [0.15, 0.2) is 0 Å². The molecular formula is C11H15N3O. The molecule has 1 aromatic rings. The Kier molecular flexibility index (Phi) is 2.44. The van der Waals surface area contributed by atoms with Gasteiger partial charge in [-0.05, 0) is 37.8 Å². The summed E-state index contributed by atoms with van der Waals surface area (Å²) in [5.74, 6) is -0.0962. The number of carbonyl (C=O) groups excluding carboxylic acids is 1. The molecule has 15 heavy (non-hydrogen) atoms. The Morgan fingerprint density at radius 1 is 1.53 bits per heavy atom. The molecule has 1 heterocycles. The summed E-state index contributed by atoms with van der Waals surface area (Å²) in [6.45, 7) is 1.93. The van der Waals surface area contributed by atoms with Crippen LogP contribution in [0.15, 0.2) is 18.5 Å². The van der Waals surface area contributed by atoms with Crippen molar-refractivity contribution in [2.75, 3.05) is 5.32 Å². The van der Waals surface area contributed by atoms with Crippen molar-refractivity contribution in [1.82, 2.24) is 4.98 Å². The lowest BCUT2D eigenvalue weighted by Gasteiger charge is -2.36. The van der Waals surface area contributed by atoms with Crippen LogP contribution in [0.4, 0.5) is 5.69 Å². The third-order valence-electron chi connectivity index (χ3n) is 2.83. The van der Waals surface area contributed by atoms with Gasteiger partial charge >= 0.3 is 0 Å². The van der Waals surface area contributed by atoms with Crippen LogP contribution in [-0.2, 0) is 4.79 Å². The molecule has 80 valence electrons. The summed E-state index contributed by atoms with van der Waals surface area (Å²) in [6.07, 6.45) is 5.97. The third-order valence-corrected chi connectivity index (χ3v) is 2.83. The number of carbonyl (C=O) groups is 1. The van der Waals surface area contributed by atoms with Crippen LogP contribution in [0.25, 0.3) is 0 Å². The first-order valence-corrected chi connectivity index (χ1v) is 5.12. The van der Waals surface area contributed by atoms with E-state index in [0.29, 0.717) is 0 Å². The van der Waals surface area contributed by atoms with Gasteiger partial charge in [0.1, 0.15) is 0 Å². The van der Waals surface area contributed by atoms with Crippen LogP contribution >= 0.6 is 0 Å². The van der Waals surface area contributed by atoms with Gasteiger partial charge in [-0.1, -0.05) is 0 Å². The monoisotopic (exact) mass is 205 g/mol. The number of hydrogen-bond donors (Lipinski definition) is 2. The molecule has 0 spiro atoms. The quantitative estimate of drug-likeness (QED) is 0.762. The zero-order chi connectivity index (χ0) is 10.9. The number of aryl methyl sites for hydroxylation is 1. The highest BCUT2D eigenvalue weighted by atomic mass is 16.2. The molecule has 1 aliphatic carbocycles. The summed E-state index contributed by atoms with van der Waals surface area (Å²) in [4.78, 5) is 15.8. The highest BCUT2D eigenvalue weighted by molar-refractivity contribution is 5.98. The number of hydrogen-bond acceptors (Lipinski definition) is 3. The topological polar surface area (TPSA) is 68.0 Å². The summed E-state index contributed by atoms with van der Waals surface area (Å²) in [5.41, 5.74) is 6.99. The highest BCUT2D eigenvalue weighted by Gasteiger charge is 2.40. The molecule has 1 aliphatic rings. The van der Waals surface area contributed by atoms with Gasteiger partial charge < -0.3 is 11.1 Å². The van der Waals surface area contributed by atoms with Crippen molar-refractivity contribution in [3.05, 3.63) is 24.0 Å². The summed E-state index contributed by atoms with van der Waals surface area (Å²) < 4.78 is 0. The number of rotatable bonds is 2. The lowest BCUT2D eigenvalue weighted by molar-refractivity contribution is -0.123. The summed E-state index contributed by atoms with van der Waals surface area (Å²) in [5, 5.41) is 2.80. The van der Waals surface area contributed by atoms with Crippen LogP contribution < -0.4 is 11.1 Å². The van der Waals surface area contributed by atoms with E-state index in [2.05, 4.69) is 10.3 Å². The Morgan fingerprint density at radius 3 is 2.80 bits per heavy atom. The van der Waals surface area contributed by atoms with Gasteiger partial charge in [0.05, 0.1) is 17.4 Å². The van der Waals surface area contributed by atoms with Crippen molar-refractivity contribution in [2.24, 2.45) is 5.73 Å². The first kappa shape index (κ1) is 10.1. The minimum atomic E-state index is -0.649. The number of nitrogens with two attached hydrogens (primary N) is 1. The molecule has 0 radical (unpaired) electrons. The van der Waals surface area contributed by atoms with Crippen LogP contribution in [0.3, 0.4) is 0 Å². The molecule has 0 bridgehead atoms. The van der Waals surface area contributed by atoms with Gasteiger partial charge in [0.25, 0.3) is 0 Å². The van der Waals surface area contributed by atoms with E-state index in [0.717, 1.165) is 30.5 Å². The fourth-order valence-corrected chi connectivity index (χ4v) is 1.66. The predicted molar refractivity (Wildman–Crippen MR) is 58.4 cm³/mol. The van der Waals surface area contributed by atoms with E-state index < -0.39 is 5.54 Å². The number of anilines is 1. The normalized spacial score (nSPS) is 18.0. The molecule has 1 fully saturated rings. The third kappa shape index (κ3) is 1.99. The Balaban J connectivity index is 2.06. The second-order valence-electron chi connectivity index (χ2n) is 4.21. The molecule has 0 aromatic carbocycles. The Morgan fingerprint density at radius 2 is 2.27 bits per heavy atom. The molecule has 1 saturated carbocycles. The summed E-state index contributed by atoms with van der Waals surface area (Å²) >= 11 is 0. The van der Waals surface area contributed by atoms with Gasteiger partial charge in [0.2, 0.25) is 5.91 Å². The van der Waals surface area contributed by atoms with Crippen LogP contribution in [0.2, 0.25) is 0 Å². The minimum Gasteiger partial charge on any atom is -0.323 e. The van der Waals surface area contributed by atoms with E-state index in [1.807, 2.05) is 13.0 Å². The van der Waals surface area contributed by atoms with Crippen LogP contribution in [0, 0.1) is 6.92 Å². The summed E-state index contributed by atoms with van der Waals surface area (Å²) in [6, 6.07) is 1.88. The second-order valence-corrected chi connectivity index (χ2v) is 4.21. The fraction of sp³-hybridized carbons (Fsp3) is 0.455. The number of pyridine rings is 1. The number of amides is 1. The molecular weight excluding hydrogens is 190 g/mol. The first-order valence-electron chi connectivity index (χ1n) is 5.12. The minimum absolute atomic E-state index is 0.0962. The van der Waals surface area contributed by atoms with Crippen LogP contribution in [0.1, 0.15) is 24.8 Å². The van der Waals surface area contributed by atoms with Crippen LogP contribution in [0.5, 0.6) is 0 Å². The van der Waals surface area contributed by atoms with E-state index in [1.54, 1.807) is 12.4 Å². The maximum absolute atomic E-state index is 11.8. The largest absolute Gasteiger partial charge is 0.323 e. The van der Waals surface area contributed by atoms with Gasteiger partial charge in [-0.3, -0.25) is 9.78 Å². The predicted octanol–water partition coefficient (Wildman–Crippen LogP) is 1.21. The number of nitrogens with zero attached hydrogens (tertiary/aromatic N) is 1. The van der Waals surface area contributed by atoms with Crippen molar-refractivity contribution in [1.29, 1.82) is 0 Å². The molecule has 0 unspecified atom stereocenters. The SMILES string of the molecule is Cc1cncc(NC(=O)C2(N)CCC2)c1. The standard InChI is InChI=1S/C11H15N3O/c1-8-5-9(7-13-6-8)14-10(15)11(12)3-2-4-11/h5-7H,2-4,12H2,1H3,(H,14,15). The lowest BCUT2D eigenvalue weighted by Crippen LogP contribution is -2.56. The molecule has 4 nitrogen and oxygen atoms in total. The molecule has 4 heteroatoms. The molecule has 1 amide bonds. The fourth-order valence-electron chi connectivity index (χ4n) is 1.66. The number of aromatic nitrogens is 1. The van der Waals surface area contributed by atoms with Crippen molar-refractivity contribution in [2.45, 2.75) is 31.7 Å². The molecule has 2 rings (SSSR count). The molecule has 3 N–H and O–H groups in total. The molecule has 0 aliphatic heterocycles. The highest BCUT2D eigenvalue weighted by Crippen LogP contribution is 2.30. The maximum Gasteiger partial charge on any atom is 0.244 e. The maximum atomic E-state index is 11.8. The zero-order valence-corrected chi connectivity index (χ0v) is 8.79. The number of nitrogens with one attached hydrogen (secondary N) is 1. The first-order chi connectivity index (χ1) is 7.10.